The van der Waals surface area contributed by atoms with Crippen molar-refractivity contribution in [2.45, 2.75) is 47.5 Å². The van der Waals surface area contributed by atoms with Gasteiger partial charge in [-0.3, -0.25) is 4.98 Å². The third kappa shape index (κ3) is 28.1. The van der Waals surface area contributed by atoms with Gasteiger partial charge in [0.15, 0.2) is 0 Å². The summed E-state index contributed by atoms with van der Waals surface area (Å²) in [4.78, 5) is 25.9. The van der Waals surface area contributed by atoms with E-state index in [0.29, 0.717) is 11.8 Å². The molecule has 8 aromatic carbocycles. The molecule has 0 unspecified atom stereocenters. The van der Waals surface area contributed by atoms with Gasteiger partial charge in [-0.1, -0.05) is 161 Å². The van der Waals surface area contributed by atoms with Crippen LogP contribution in [-0.2, 0) is 53.1 Å². The van der Waals surface area contributed by atoms with Gasteiger partial charge in [0.2, 0.25) is 0 Å². The van der Waals surface area contributed by atoms with E-state index in [1.54, 1.807) is 18.6 Å². The van der Waals surface area contributed by atoms with Crippen LogP contribution in [0.15, 0.2) is 328 Å². The first kappa shape index (κ1) is 79.6. The van der Waals surface area contributed by atoms with Crippen LogP contribution in [-0.4, -0.2) is 54.3 Å². The van der Waals surface area contributed by atoms with Gasteiger partial charge in [-0.2, -0.15) is 0 Å². The fourth-order valence-corrected chi connectivity index (χ4v) is 9.70. The van der Waals surface area contributed by atoms with E-state index in [2.05, 4.69) is 179 Å². The summed E-state index contributed by atoms with van der Waals surface area (Å²) in [7, 11) is 2.00. The molecule has 498 valence electrons. The molecule has 14 aromatic rings. The Morgan fingerprint density at radius 2 is 0.586 bits per heavy atom. The molecule has 0 saturated heterocycles. The van der Waals surface area contributed by atoms with E-state index in [-0.39, 0.29) is 40.2 Å². The minimum Gasteiger partial charge on any atom is -0.400 e. The second-order valence-corrected chi connectivity index (χ2v) is 22.6. The summed E-state index contributed by atoms with van der Waals surface area (Å²) in [6.07, 6.45) is 13.2. The van der Waals surface area contributed by atoms with Gasteiger partial charge in [0.25, 0.3) is 0 Å². The van der Waals surface area contributed by atoms with Crippen molar-refractivity contribution >= 4 is 0 Å². The number of aryl methyl sites for hydroxylation is 1. The average molecular weight is 1650 g/mol. The maximum absolute atomic E-state index is 7.00. The normalized spacial score (nSPS) is 9.77. The van der Waals surface area contributed by atoms with E-state index >= 15 is 0 Å². The summed E-state index contributed by atoms with van der Waals surface area (Å²) in [5.41, 5.74) is 21.1. The number of rotatable bonds is 12. The van der Waals surface area contributed by atoms with Crippen LogP contribution in [0.4, 0.5) is 0 Å². The zero-order valence-corrected chi connectivity index (χ0v) is 61.8. The molecule has 2 N–H and O–H groups in total. The molecular weight excluding hydrogens is 1570 g/mol. The van der Waals surface area contributed by atoms with E-state index in [1.807, 2.05) is 226 Å². The average Bonchev–Trinajstić information content (AvgIpc) is 0.879. The molecule has 0 amide bonds. The van der Waals surface area contributed by atoms with Crippen LogP contribution in [0.5, 0.6) is 0 Å². The minimum atomic E-state index is 0. The van der Waals surface area contributed by atoms with Crippen molar-refractivity contribution in [3.8, 4) is 89.8 Å². The SMILES string of the molecule is CC(C)Cc1ccc(-c2ccnc(-c3[c-]cccc3)c2)cc1.CC(C)Cc1ccc(-c2ccnc(-c3ccccc3)c2)cc1.CO.CO.Cc1ccc(-c2[c-]cccc2)nc1.[Ir+3].[Ir+3].[c-]1ccccc1-c1ccccn1.[c-]1ccccc1-c1ccccn1.[c-]1ccccc1-c1ccccn1. The van der Waals surface area contributed by atoms with Gasteiger partial charge in [-0.25, -0.2) is 0 Å². The van der Waals surface area contributed by atoms with Gasteiger partial charge < -0.3 is 35.1 Å². The summed E-state index contributed by atoms with van der Waals surface area (Å²) >= 11 is 0. The molecular formula is C89H83Ir2N6O2+. The summed E-state index contributed by atoms with van der Waals surface area (Å²) in [6, 6.07) is 113. The van der Waals surface area contributed by atoms with Gasteiger partial charge in [0.05, 0.1) is 5.69 Å². The number of nitrogens with zero attached hydrogens (tertiary/aromatic N) is 6. The Morgan fingerprint density at radius 1 is 0.273 bits per heavy atom. The second kappa shape index (κ2) is 46.2. The number of aromatic nitrogens is 6. The first-order valence-corrected chi connectivity index (χ1v) is 32.3. The first-order valence-electron chi connectivity index (χ1n) is 32.3. The van der Waals surface area contributed by atoms with Crippen LogP contribution in [0.3, 0.4) is 0 Å². The molecule has 0 saturated carbocycles. The van der Waals surface area contributed by atoms with Gasteiger partial charge in [0, 0.05) is 57.0 Å². The van der Waals surface area contributed by atoms with Crippen molar-refractivity contribution in [3.05, 3.63) is 375 Å². The largest absolute Gasteiger partial charge is 3.00 e. The molecule has 99 heavy (non-hydrogen) atoms. The zero-order chi connectivity index (χ0) is 68.5. The summed E-state index contributed by atoms with van der Waals surface area (Å²) in [5.74, 6) is 1.38. The van der Waals surface area contributed by atoms with Gasteiger partial charge in [-0.15, -0.1) is 179 Å². The molecule has 0 spiro atoms. The van der Waals surface area contributed by atoms with E-state index in [4.69, 9.17) is 10.2 Å². The second-order valence-electron chi connectivity index (χ2n) is 22.6. The predicted molar refractivity (Wildman–Crippen MR) is 401 cm³/mol. The minimum absolute atomic E-state index is 0. The van der Waals surface area contributed by atoms with Crippen LogP contribution in [0, 0.1) is 49.1 Å². The third-order valence-corrected chi connectivity index (χ3v) is 14.3. The number of hydrogen-bond donors (Lipinski definition) is 2. The molecule has 6 heterocycles. The molecule has 0 fully saturated rings. The van der Waals surface area contributed by atoms with Crippen LogP contribution in [0.2, 0.25) is 0 Å². The van der Waals surface area contributed by atoms with Crippen LogP contribution < -0.4 is 0 Å². The fraction of sp³-hybridized carbons (Fsp3) is 0.124. The van der Waals surface area contributed by atoms with Crippen LogP contribution in [0.1, 0.15) is 44.4 Å². The molecule has 0 aliphatic rings. The Labute approximate surface area is 614 Å². The van der Waals surface area contributed by atoms with Crippen LogP contribution in [0.25, 0.3) is 89.8 Å². The Balaban J connectivity index is 0.000000215. The Hall–Kier alpha value is -10.1. The quantitative estimate of drug-likeness (QED) is 0.116. The monoisotopic (exact) mass is 1650 g/mol. The van der Waals surface area contributed by atoms with Crippen molar-refractivity contribution < 1.29 is 50.4 Å². The molecule has 0 aliphatic heterocycles. The molecule has 8 nitrogen and oxygen atoms in total. The molecule has 10 heteroatoms. The Kier molecular flexibility index (Phi) is 37.1. The van der Waals surface area contributed by atoms with E-state index in [9.17, 15) is 0 Å². The molecule has 0 aliphatic carbocycles. The molecule has 0 radical (unpaired) electrons. The number of benzene rings is 8. The fourth-order valence-electron chi connectivity index (χ4n) is 9.70. The zero-order valence-electron chi connectivity index (χ0n) is 57.0. The van der Waals surface area contributed by atoms with Gasteiger partial charge in [-0.05, 0) is 135 Å². The van der Waals surface area contributed by atoms with Gasteiger partial charge in [0.1, 0.15) is 0 Å². The number of aliphatic hydroxyl groups is 2. The molecule has 0 bridgehead atoms. The van der Waals surface area contributed by atoms with E-state index in [0.717, 1.165) is 94.6 Å². The van der Waals surface area contributed by atoms with E-state index in [1.165, 1.54) is 38.9 Å². The maximum atomic E-state index is 7.00. The van der Waals surface area contributed by atoms with Gasteiger partial charge >= 0.3 is 40.2 Å². The maximum Gasteiger partial charge on any atom is 3.00 e. The third-order valence-electron chi connectivity index (χ3n) is 14.3. The standard InChI is InChI=1S/C21H21N.C21H20N.C12H10N.3C11H8N.2CH4O.2Ir/c2*1-16(2)14-17-8-10-18(11-9-17)20-12-13-22-21(15-20)19-6-4-3-5-7-19;1-10-7-8-12(13-9-10)11-5-3-2-4-6-11;3*1-2-6-10(7-3-1)11-8-4-5-9-12-11;2*1-2;;/h3-13,15-16H,14H2,1-2H3;3-6,8-13,15-16H,14H2,1-2H3;2-5,7-9H,1H3;3*1-6,8-9H;2*2H,1H3;;/q;5*-1;;;2*+3. The van der Waals surface area contributed by atoms with Crippen molar-refractivity contribution in [3.63, 3.8) is 0 Å². The topological polar surface area (TPSA) is 118 Å². The molecule has 0 atom stereocenters. The van der Waals surface area contributed by atoms with Crippen molar-refractivity contribution in [1.29, 1.82) is 0 Å². The van der Waals surface area contributed by atoms with Crippen LogP contribution >= 0.6 is 0 Å². The molecule has 14 rings (SSSR count). The Morgan fingerprint density at radius 3 is 0.899 bits per heavy atom. The molecule has 6 aromatic heterocycles. The van der Waals surface area contributed by atoms with Crippen molar-refractivity contribution in [1.82, 2.24) is 29.9 Å². The predicted octanol–water partition coefficient (Wildman–Crippen LogP) is 20.7. The Bertz CT molecular complexity index is 3900. The number of pyridine rings is 6. The smallest absolute Gasteiger partial charge is 0.400 e. The number of aliphatic hydroxyl groups excluding tert-OH is 2. The summed E-state index contributed by atoms with van der Waals surface area (Å²) < 4.78 is 0. The van der Waals surface area contributed by atoms with Crippen molar-refractivity contribution in [2.75, 3.05) is 14.2 Å². The van der Waals surface area contributed by atoms with E-state index < -0.39 is 0 Å². The first-order chi connectivity index (χ1) is 47.7. The summed E-state index contributed by atoms with van der Waals surface area (Å²) in [6.45, 7) is 11.0. The number of hydrogen-bond acceptors (Lipinski definition) is 8. The van der Waals surface area contributed by atoms with Crippen molar-refractivity contribution in [2.24, 2.45) is 11.8 Å². The summed E-state index contributed by atoms with van der Waals surface area (Å²) in [5, 5.41) is 14.0.